The maximum atomic E-state index is 11.2. The molecule has 0 spiro atoms. The number of aliphatic carboxylic acids is 1. The first kappa shape index (κ1) is 24.1. The van der Waals surface area contributed by atoms with E-state index in [1.54, 1.807) is 7.11 Å². The molecular weight excluding hydrogens is 392 g/mol. The summed E-state index contributed by atoms with van der Waals surface area (Å²) in [6.45, 7) is 10.5. The van der Waals surface area contributed by atoms with Crippen LogP contribution in [-0.2, 0) is 4.79 Å². The molecule has 8 heteroatoms. The number of ether oxygens (including phenoxy) is 3. The molecule has 0 aliphatic rings. The van der Waals surface area contributed by atoms with Crippen LogP contribution in [0.15, 0.2) is 6.08 Å². The van der Waals surface area contributed by atoms with E-state index in [-0.39, 0.29) is 5.54 Å². The van der Waals surface area contributed by atoms with Crippen LogP contribution in [0.25, 0.3) is 6.08 Å². The number of carbonyl (C=O) groups is 1. The third kappa shape index (κ3) is 6.03. The van der Waals surface area contributed by atoms with Crippen molar-refractivity contribution in [3.05, 3.63) is 17.2 Å². The zero-order valence-electron chi connectivity index (χ0n) is 18.0. The second-order valence-electron chi connectivity index (χ2n) is 7.82. The Bertz CT molecular complexity index is 723. The minimum absolute atomic E-state index is 0.0851. The van der Waals surface area contributed by atoms with Gasteiger partial charge in [0.25, 0.3) is 0 Å². The zero-order chi connectivity index (χ0) is 21.6. The van der Waals surface area contributed by atoms with Crippen molar-refractivity contribution in [2.75, 3.05) is 21.3 Å². The van der Waals surface area contributed by atoms with E-state index in [9.17, 15) is 4.79 Å². The Morgan fingerprint density at radius 1 is 1.04 bits per heavy atom. The van der Waals surface area contributed by atoms with Crippen molar-refractivity contribution >= 4 is 30.6 Å². The Balaban J connectivity index is 4.00. The van der Waals surface area contributed by atoms with Gasteiger partial charge in [-0.1, -0.05) is 13.8 Å². The van der Waals surface area contributed by atoms with Crippen LogP contribution in [0.4, 0.5) is 0 Å². The number of carboxylic acids is 1. The lowest BCUT2D eigenvalue weighted by Crippen LogP contribution is -2.30. The van der Waals surface area contributed by atoms with Crippen LogP contribution >= 0.6 is 0 Å². The van der Waals surface area contributed by atoms with Gasteiger partial charge in [0.1, 0.15) is 5.75 Å². The third-order valence-corrected chi connectivity index (χ3v) is 5.20. The van der Waals surface area contributed by atoms with Gasteiger partial charge in [-0.25, -0.2) is 4.79 Å². The lowest BCUT2D eigenvalue weighted by molar-refractivity contribution is -0.131. The predicted molar refractivity (Wildman–Crippen MR) is 115 cm³/mol. The number of rotatable bonds is 10. The lowest BCUT2D eigenvalue weighted by Gasteiger charge is -2.30. The summed E-state index contributed by atoms with van der Waals surface area (Å²) in [4.78, 5) is 11.2. The summed E-state index contributed by atoms with van der Waals surface area (Å²) in [6.07, 6.45) is 3.37. The average Bonchev–Trinajstić information content (AvgIpc) is 2.56. The Hall–Kier alpha value is -1.94. The normalized spacial score (nSPS) is 12.9. The van der Waals surface area contributed by atoms with E-state index < -0.39 is 14.3 Å². The standard InChI is InChI=1S/C20H31O6Si2/c1-12(2)11-14(27)16-17(26-28(6,7)8)13(9-10-15(21)22)18(23-3)20(25-5)19(16)24-4/h9-10,12,14H,11H2,1-8H3,(H,21,22). The molecule has 1 unspecified atom stereocenters. The van der Waals surface area contributed by atoms with Crippen LogP contribution in [0.2, 0.25) is 19.6 Å². The number of carboxylic acid groups (broad SMARTS) is 1. The summed E-state index contributed by atoms with van der Waals surface area (Å²) in [7, 11) is 6.39. The van der Waals surface area contributed by atoms with Crippen LogP contribution in [0.5, 0.6) is 23.0 Å². The second-order valence-corrected chi connectivity index (χ2v) is 13.0. The van der Waals surface area contributed by atoms with E-state index in [0.717, 1.165) is 18.1 Å². The highest BCUT2D eigenvalue weighted by Gasteiger charge is 2.32. The van der Waals surface area contributed by atoms with Crippen LogP contribution in [-0.4, -0.2) is 51.0 Å². The fourth-order valence-electron chi connectivity index (χ4n) is 2.92. The highest BCUT2D eigenvalue weighted by atomic mass is 28.4. The largest absolute Gasteiger partial charge is 0.544 e. The van der Waals surface area contributed by atoms with Gasteiger partial charge >= 0.3 is 5.97 Å². The van der Waals surface area contributed by atoms with Gasteiger partial charge in [-0.2, -0.15) is 0 Å². The molecule has 0 fully saturated rings. The summed E-state index contributed by atoms with van der Waals surface area (Å²) in [5.41, 5.74) is 1.23. The number of hydrogen-bond acceptors (Lipinski definition) is 5. The molecule has 0 amide bonds. The van der Waals surface area contributed by atoms with E-state index in [0.29, 0.717) is 34.5 Å². The number of benzene rings is 1. The highest BCUT2D eigenvalue weighted by molar-refractivity contribution is 6.70. The van der Waals surface area contributed by atoms with E-state index >= 15 is 0 Å². The molecule has 28 heavy (non-hydrogen) atoms. The first-order valence-electron chi connectivity index (χ1n) is 9.13. The van der Waals surface area contributed by atoms with Gasteiger partial charge in [0.15, 0.2) is 11.5 Å². The van der Waals surface area contributed by atoms with Crippen molar-refractivity contribution in [1.29, 1.82) is 0 Å². The molecule has 0 saturated carbocycles. The smallest absolute Gasteiger partial charge is 0.328 e. The van der Waals surface area contributed by atoms with Crippen LogP contribution < -0.4 is 18.6 Å². The van der Waals surface area contributed by atoms with Gasteiger partial charge in [-0.3, -0.25) is 0 Å². The number of methoxy groups -OCH3 is 3. The Morgan fingerprint density at radius 3 is 1.96 bits per heavy atom. The van der Waals surface area contributed by atoms with Crippen molar-refractivity contribution in [1.82, 2.24) is 0 Å². The fraction of sp³-hybridized carbons (Fsp3) is 0.550. The molecule has 0 aliphatic heterocycles. The SMILES string of the molecule is COc1c(C=CC(=O)O)c(O[Si](C)(C)C)c(C([Si])CC(C)C)c(OC)c1OC. The molecule has 6 nitrogen and oxygen atoms in total. The van der Waals surface area contributed by atoms with Gasteiger partial charge in [0.05, 0.1) is 26.9 Å². The van der Waals surface area contributed by atoms with Gasteiger partial charge in [-0.05, 0) is 43.6 Å². The maximum Gasteiger partial charge on any atom is 0.328 e. The van der Waals surface area contributed by atoms with Gasteiger partial charge in [0, 0.05) is 21.9 Å². The van der Waals surface area contributed by atoms with Crippen molar-refractivity contribution in [2.45, 2.75) is 45.5 Å². The summed E-state index contributed by atoms with van der Waals surface area (Å²) < 4.78 is 23.3. The molecule has 1 rings (SSSR count). The van der Waals surface area contributed by atoms with Gasteiger partial charge < -0.3 is 23.7 Å². The molecule has 155 valence electrons. The third-order valence-electron chi connectivity index (χ3n) is 3.86. The molecule has 0 aliphatic carbocycles. The minimum Gasteiger partial charge on any atom is -0.544 e. The fourth-order valence-corrected chi connectivity index (χ4v) is 4.48. The second kappa shape index (κ2) is 10.0. The molecule has 1 N–H and O–H groups in total. The van der Waals surface area contributed by atoms with Crippen molar-refractivity contribution < 1.29 is 28.5 Å². The van der Waals surface area contributed by atoms with Gasteiger partial charge in [-0.15, -0.1) is 0 Å². The predicted octanol–water partition coefficient (Wildman–Crippen LogP) is 4.28. The monoisotopic (exact) mass is 423 g/mol. The molecule has 0 bridgehead atoms. The van der Waals surface area contributed by atoms with E-state index in [2.05, 4.69) is 43.7 Å². The summed E-state index contributed by atoms with van der Waals surface area (Å²) >= 11 is 0. The molecular formula is C20H31O6Si2. The molecule has 1 atom stereocenters. The lowest BCUT2D eigenvalue weighted by atomic mass is 9.96. The molecule has 0 saturated heterocycles. The first-order valence-corrected chi connectivity index (χ1v) is 13.1. The maximum absolute atomic E-state index is 11.2. The van der Waals surface area contributed by atoms with Gasteiger partial charge in [0.2, 0.25) is 14.1 Å². The average molecular weight is 424 g/mol. The quantitative estimate of drug-likeness (QED) is 0.447. The molecule has 0 heterocycles. The first-order chi connectivity index (χ1) is 13.0. The van der Waals surface area contributed by atoms with Crippen molar-refractivity contribution in [3.63, 3.8) is 0 Å². The van der Waals surface area contributed by atoms with E-state index in [1.807, 2.05) is 0 Å². The summed E-state index contributed by atoms with van der Waals surface area (Å²) in [6, 6.07) is 0. The number of hydrogen-bond donors (Lipinski definition) is 1. The minimum atomic E-state index is -2.06. The van der Waals surface area contributed by atoms with Crippen LogP contribution in [0, 0.1) is 5.92 Å². The molecule has 0 aromatic heterocycles. The van der Waals surface area contributed by atoms with E-state index in [4.69, 9.17) is 23.7 Å². The van der Waals surface area contributed by atoms with Crippen LogP contribution in [0.1, 0.15) is 36.9 Å². The molecule has 1 aromatic rings. The summed E-state index contributed by atoms with van der Waals surface area (Å²) in [5.74, 6) is 1.21. The van der Waals surface area contributed by atoms with Crippen molar-refractivity contribution in [2.24, 2.45) is 5.92 Å². The molecule has 1 aromatic carbocycles. The Labute approximate surface area is 172 Å². The Morgan fingerprint density at radius 2 is 1.57 bits per heavy atom. The molecule has 3 radical (unpaired) electrons. The van der Waals surface area contributed by atoms with E-state index in [1.165, 1.54) is 20.3 Å². The Kier molecular flexibility index (Phi) is 8.62. The van der Waals surface area contributed by atoms with Crippen molar-refractivity contribution in [3.8, 4) is 23.0 Å². The highest BCUT2D eigenvalue weighted by Crippen LogP contribution is 2.52. The topological polar surface area (TPSA) is 74.2 Å². The summed E-state index contributed by atoms with van der Waals surface area (Å²) in [5, 5.41) is 9.16. The van der Waals surface area contributed by atoms with Crippen LogP contribution in [0.3, 0.4) is 0 Å². The zero-order valence-corrected chi connectivity index (χ0v) is 20.0.